The molecule has 0 aromatic heterocycles. The number of hydrogen-bond donors (Lipinski definition) is 1. The van der Waals surface area contributed by atoms with Gasteiger partial charge >= 0.3 is 5.97 Å². The highest BCUT2D eigenvalue weighted by Gasteiger charge is 2.29. The molecule has 3 nitrogen and oxygen atoms in total. The fourth-order valence-electron chi connectivity index (χ4n) is 3.32. The first-order valence-corrected chi connectivity index (χ1v) is 7.66. The zero-order valence-corrected chi connectivity index (χ0v) is 11.5. The average Bonchev–Trinajstić information content (AvgIpc) is 2.48. The van der Waals surface area contributed by atoms with Gasteiger partial charge in [0.25, 0.3) is 0 Å². The number of carbonyl (C=O) groups is 1. The summed E-state index contributed by atoms with van der Waals surface area (Å²) in [5, 5.41) is 3.38. The van der Waals surface area contributed by atoms with Crippen LogP contribution in [0.1, 0.15) is 51.4 Å². The normalized spacial score (nSPS) is 27.7. The van der Waals surface area contributed by atoms with Gasteiger partial charge in [0.2, 0.25) is 0 Å². The van der Waals surface area contributed by atoms with Crippen molar-refractivity contribution in [3.05, 3.63) is 23.4 Å². The van der Waals surface area contributed by atoms with Gasteiger partial charge in [-0.25, -0.2) is 0 Å². The van der Waals surface area contributed by atoms with E-state index in [0.717, 1.165) is 38.6 Å². The van der Waals surface area contributed by atoms with Crippen molar-refractivity contribution in [1.29, 1.82) is 0 Å². The Kier molecular flexibility index (Phi) is 3.90. The Morgan fingerprint density at radius 1 is 1.26 bits per heavy atom. The van der Waals surface area contributed by atoms with E-state index in [1.165, 1.54) is 30.5 Å². The van der Waals surface area contributed by atoms with E-state index >= 15 is 0 Å². The quantitative estimate of drug-likeness (QED) is 0.776. The van der Waals surface area contributed by atoms with Crippen LogP contribution in [-0.4, -0.2) is 18.6 Å². The van der Waals surface area contributed by atoms with E-state index in [1.807, 2.05) is 0 Å². The Morgan fingerprint density at radius 3 is 2.95 bits per heavy atom. The first kappa shape index (κ1) is 12.8. The average molecular weight is 261 g/mol. The Morgan fingerprint density at radius 2 is 2.11 bits per heavy atom. The number of ether oxygens (including phenoxy) is 1. The van der Waals surface area contributed by atoms with Crippen LogP contribution >= 0.6 is 0 Å². The predicted molar refractivity (Wildman–Crippen MR) is 74.5 cm³/mol. The molecule has 1 aliphatic heterocycles. The van der Waals surface area contributed by atoms with E-state index in [0.29, 0.717) is 0 Å². The van der Waals surface area contributed by atoms with Gasteiger partial charge in [0, 0.05) is 12.2 Å². The van der Waals surface area contributed by atoms with Crippen LogP contribution in [0.4, 0.5) is 0 Å². The van der Waals surface area contributed by atoms with Crippen LogP contribution in [-0.2, 0) is 9.53 Å². The van der Waals surface area contributed by atoms with Gasteiger partial charge in [-0.05, 0) is 56.6 Å². The predicted octanol–water partition coefficient (Wildman–Crippen LogP) is 3.08. The van der Waals surface area contributed by atoms with Gasteiger partial charge in [-0.15, -0.1) is 0 Å². The van der Waals surface area contributed by atoms with Gasteiger partial charge in [0.1, 0.15) is 6.10 Å². The summed E-state index contributed by atoms with van der Waals surface area (Å²) in [6.07, 6.45) is 13.4. The maximum atomic E-state index is 12.2. The highest BCUT2D eigenvalue weighted by molar-refractivity contribution is 5.74. The minimum atomic E-state index is 0.0144. The molecule has 0 spiro atoms. The zero-order chi connectivity index (χ0) is 13.1. The van der Waals surface area contributed by atoms with Crippen molar-refractivity contribution in [2.24, 2.45) is 5.92 Å². The monoisotopic (exact) mass is 261 g/mol. The topological polar surface area (TPSA) is 38.3 Å². The Bertz CT molecular complexity index is 405. The molecular formula is C16H23NO2. The van der Waals surface area contributed by atoms with Gasteiger partial charge in [-0.2, -0.15) is 0 Å². The van der Waals surface area contributed by atoms with Crippen molar-refractivity contribution in [1.82, 2.24) is 5.32 Å². The fraction of sp³-hybridized carbons (Fsp3) is 0.688. The summed E-state index contributed by atoms with van der Waals surface area (Å²) < 4.78 is 5.69. The lowest BCUT2D eigenvalue weighted by Gasteiger charge is -2.30. The third kappa shape index (κ3) is 3.02. The van der Waals surface area contributed by atoms with Crippen molar-refractivity contribution < 1.29 is 9.53 Å². The fourth-order valence-corrected chi connectivity index (χ4v) is 3.32. The van der Waals surface area contributed by atoms with Crippen LogP contribution in [0, 0.1) is 5.92 Å². The van der Waals surface area contributed by atoms with Crippen molar-refractivity contribution in [2.75, 3.05) is 6.54 Å². The van der Waals surface area contributed by atoms with Crippen molar-refractivity contribution in [3.8, 4) is 0 Å². The van der Waals surface area contributed by atoms with Crippen LogP contribution in [0.25, 0.3) is 0 Å². The third-order valence-electron chi connectivity index (χ3n) is 4.48. The lowest BCUT2D eigenvalue weighted by Crippen LogP contribution is -2.36. The standard InChI is InChI=1S/C16H23NO2/c18-16(19-14-7-2-1-3-8-14)13-10-12-6-4-5-9-15(12)17-11-13/h5,9,13-14,17H,1-4,6-8,10-11H2. The molecule has 0 aromatic carbocycles. The van der Waals surface area contributed by atoms with Gasteiger partial charge in [0.05, 0.1) is 5.92 Å². The molecule has 3 heteroatoms. The minimum Gasteiger partial charge on any atom is -0.462 e. The Hall–Kier alpha value is -1.25. The summed E-state index contributed by atoms with van der Waals surface area (Å²) in [6, 6.07) is 0. The van der Waals surface area contributed by atoms with Gasteiger partial charge in [-0.1, -0.05) is 12.5 Å². The molecule has 0 saturated heterocycles. The number of esters is 1. The van der Waals surface area contributed by atoms with Crippen molar-refractivity contribution in [2.45, 2.75) is 57.5 Å². The summed E-state index contributed by atoms with van der Waals surface area (Å²) in [5.41, 5.74) is 2.65. The smallest absolute Gasteiger partial charge is 0.311 e. The largest absolute Gasteiger partial charge is 0.462 e. The van der Waals surface area contributed by atoms with Crippen LogP contribution in [0.15, 0.2) is 23.4 Å². The molecule has 0 radical (unpaired) electrons. The Balaban J connectivity index is 1.56. The summed E-state index contributed by atoms with van der Waals surface area (Å²) in [7, 11) is 0. The first-order chi connectivity index (χ1) is 9.33. The van der Waals surface area contributed by atoms with E-state index in [2.05, 4.69) is 17.5 Å². The zero-order valence-electron chi connectivity index (χ0n) is 11.5. The second-order valence-electron chi connectivity index (χ2n) is 5.94. The van der Waals surface area contributed by atoms with Crippen molar-refractivity contribution >= 4 is 5.97 Å². The minimum absolute atomic E-state index is 0.0144. The second kappa shape index (κ2) is 5.81. The molecule has 1 N–H and O–H groups in total. The first-order valence-electron chi connectivity index (χ1n) is 7.66. The lowest BCUT2D eigenvalue weighted by atomic mass is 9.88. The summed E-state index contributed by atoms with van der Waals surface area (Å²) in [4.78, 5) is 12.2. The van der Waals surface area contributed by atoms with Gasteiger partial charge in [-0.3, -0.25) is 4.79 Å². The number of allylic oxidation sites excluding steroid dienone is 3. The molecule has 1 atom stereocenters. The van der Waals surface area contributed by atoms with Crippen LogP contribution in [0.2, 0.25) is 0 Å². The molecule has 104 valence electrons. The van der Waals surface area contributed by atoms with Crippen LogP contribution in [0.5, 0.6) is 0 Å². The highest BCUT2D eigenvalue weighted by Crippen LogP contribution is 2.29. The Labute approximate surface area is 115 Å². The molecule has 3 aliphatic rings. The van der Waals surface area contributed by atoms with Gasteiger partial charge in [0.15, 0.2) is 0 Å². The van der Waals surface area contributed by atoms with E-state index in [-0.39, 0.29) is 18.0 Å². The highest BCUT2D eigenvalue weighted by atomic mass is 16.5. The number of hydrogen-bond acceptors (Lipinski definition) is 3. The molecule has 0 aromatic rings. The second-order valence-corrected chi connectivity index (χ2v) is 5.94. The van der Waals surface area contributed by atoms with E-state index in [1.54, 1.807) is 0 Å². The molecule has 0 amide bonds. The molecule has 3 rings (SSSR count). The third-order valence-corrected chi connectivity index (χ3v) is 4.48. The van der Waals surface area contributed by atoms with Gasteiger partial charge < -0.3 is 10.1 Å². The van der Waals surface area contributed by atoms with Crippen LogP contribution < -0.4 is 5.32 Å². The SMILES string of the molecule is O=C(OC1CCCCC1)C1CNC2=C(CCC=C2)C1. The summed E-state index contributed by atoms with van der Waals surface area (Å²) in [6.45, 7) is 0.731. The number of nitrogens with one attached hydrogen (secondary N) is 1. The summed E-state index contributed by atoms with van der Waals surface area (Å²) in [5.74, 6) is 0.0349. The molecular weight excluding hydrogens is 238 g/mol. The maximum absolute atomic E-state index is 12.2. The molecule has 1 saturated carbocycles. The lowest BCUT2D eigenvalue weighted by molar-refractivity contribution is -0.155. The molecule has 1 unspecified atom stereocenters. The molecule has 2 aliphatic carbocycles. The molecule has 0 bridgehead atoms. The van der Waals surface area contributed by atoms with E-state index in [4.69, 9.17) is 4.74 Å². The van der Waals surface area contributed by atoms with E-state index < -0.39 is 0 Å². The molecule has 1 heterocycles. The maximum Gasteiger partial charge on any atom is 0.311 e. The number of rotatable bonds is 2. The summed E-state index contributed by atoms with van der Waals surface area (Å²) >= 11 is 0. The molecule has 1 fully saturated rings. The number of carbonyl (C=O) groups excluding carboxylic acids is 1. The van der Waals surface area contributed by atoms with E-state index in [9.17, 15) is 4.79 Å². The van der Waals surface area contributed by atoms with Crippen molar-refractivity contribution in [3.63, 3.8) is 0 Å². The van der Waals surface area contributed by atoms with Crippen LogP contribution in [0.3, 0.4) is 0 Å². The molecule has 19 heavy (non-hydrogen) atoms.